The Morgan fingerprint density at radius 2 is 2.16 bits per heavy atom. The fourth-order valence-corrected chi connectivity index (χ4v) is 3.21. The molecule has 96 valence electrons. The van der Waals surface area contributed by atoms with Crippen molar-refractivity contribution < 1.29 is 9.53 Å². The molecule has 0 aliphatic heterocycles. The summed E-state index contributed by atoms with van der Waals surface area (Å²) in [6.45, 7) is 0. The Balaban J connectivity index is 2.03. The van der Waals surface area contributed by atoms with Gasteiger partial charge in [0.05, 0.1) is 7.11 Å². The third-order valence-electron chi connectivity index (χ3n) is 3.23. The molecule has 3 rings (SSSR count). The van der Waals surface area contributed by atoms with Gasteiger partial charge in [0.25, 0.3) is 0 Å². The van der Waals surface area contributed by atoms with Crippen LogP contribution in [0.15, 0.2) is 42.5 Å². The molecule has 0 amide bonds. The highest BCUT2D eigenvalue weighted by Crippen LogP contribution is 2.30. The lowest BCUT2D eigenvalue weighted by Gasteiger charge is -2.06. The molecule has 1 aliphatic carbocycles. The first kappa shape index (κ1) is 12.2. The number of hydrogen-bond acceptors (Lipinski definition) is 3. The molecule has 2 nitrogen and oxygen atoms in total. The predicted octanol–water partition coefficient (Wildman–Crippen LogP) is 4.42. The lowest BCUT2D eigenvalue weighted by molar-refractivity contribution is 0.0606. The number of rotatable bonds is 2. The molecule has 1 aromatic heterocycles. The summed E-state index contributed by atoms with van der Waals surface area (Å²) >= 11 is 1.47. The summed E-state index contributed by atoms with van der Waals surface area (Å²) in [5.41, 5.74) is 2.47. The van der Waals surface area contributed by atoms with Gasteiger partial charge in [-0.3, -0.25) is 0 Å². The molecule has 0 saturated carbocycles. The molecule has 1 aromatic carbocycles. The van der Waals surface area contributed by atoms with Gasteiger partial charge in [-0.2, -0.15) is 0 Å². The fraction of sp³-hybridized carbons (Fsp3) is 0.188. The van der Waals surface area contributed by atoms with Gasteiger partial charge in [-0.1, -0.05) is 24.3 Å². The van der Waals surface area contributed by atoms with Crippen molar-refractivity contribution in [3.8, 4) is 0 Å². The van der Waals surface area contributed by atoms with Crippen molar-refractivity contribution in [2.75, 3.05) is 7.11 Å². The van der Waals surface area contributed by atoms with Crippen LogP contribution in [0.25, 0.3) is 15.7 Å². The van der Waals surface area contributed by atoms with Crippen molar-refractivity contribution in [1.29, 1.82) is 0 Å². The number of thiophene rings is 1. The van der Waals surface area contributed by atoms with E-state index in [2.05, 4.69) is 36.4 Å². The smallest absolute Gasteiger partial charge is 0.348 e. The molecular weight excluding hydrogens is 256 g/mol. The largest absolute Gasteiger partial charge is 0.465 e. The number of methoxy groups -OCH3 is 1. The number of ether oxygens (including phenoxy) is 1. The lowest BCUT2D eigenvalue weighted by atomic mass is 9.99. The molecule has 0 spiro atoms. The minimum atomic E-state index is -0.264. The average molecular weight is 270 g/mol. The van der Waals surface area contributed by atoms with E-state index in [0.717, 1.165) is 22.9 Å². The van der Waals surface area contributed by atoms with Gasteiger partial charge >= 0.3 is 5.97 Å². The second-order valence-corrected chi connectivity index (χ2v) is 5.58. The van der Waals surface area contributed by atoms with Gasteiger partial charge in [-0.05, 0) is 47.6 Å². The summed E-state index contributed by atoms with van der Waals surface area (Å²) in [5, 5.41) is 1.10. The summed E-state index contributed by atoms with van der Waals surface area (Å²) in [6, 6.07) is 8.23. The molecule has 19 heavy (non-hydrogen) atoms. The summed E-state index contributed by atoms with van der Waals surface area (Å²) in [6.07, 6.45) is 8.84. The van der Waals surface area contributed by atoms with E-state index < -0.39 is 0 Å². The summed E-state index contributed by atoms with van der Waals surface area (Å²) < 4.78 is 5.88. The lowest BCUT2D eigenvalue weighted by Crippen LogP contribution is -1.96. The Morgan fingerprint density at radius 3 is 2.89 bits per heavy atom. The molecule has 1 heterocycles. The third-order valence-corrected chi connectivity index (χ3v) is 4.33. The van der Waals surface area contributed by atoms with Crippen LogP contribution in [0.3, 0.4) is 0 Å². The van der Waals surface area contributed by atoms with Crippen LogP contribution < -0.4 is 0 Å². The minimum Gasteiger partial charge on any atom is -0.465 e. The first-order valence-corrected chi connectivity index (χ1v) is 7.08. The van der Waals surface area contributed by atoms with Crippen LogP contribution in [0.2, 0.25) is 0 Å². The quantitative estimate of drug-likeness (QED) is 0.755. The number of benzene rings is 1. The number of fused-ring (bicyclic) bond motifs is 1. The molecule has 0 atom stereocenters. The van der Waals surface area contributed by atoms with E-state index in [1.807, 2.05) is 6.07 Å². The number of carbonyl (C=O) groups is 1. The van der Waals surface area contributed by atoms with Crippen LogP contribution in [0, 0.1) is 0 Å². The summed E-state index contributed by atoms with van der Waals surface area (Å²) in [5.74, 6) is -0.264. The molecule has 2 aromatic rings. The maximum atomic E-state index is 11.5. The second kappa shape index (κ2) is 5.02. The Bertz CT molecular complexity index is 692. The molecule has 0 radical (unpaired) electrons. The molecule has 0 unspecified atom stereocenters. The molecule has 3 heteroatoms. The zero-order valence-electron chi connectivity index (χ0n) is 10.7. The van der Waals surface area contributed by atoms with Crippen LogP contribution in [-0.2, 0) is 4.74 Å². The van der Waals surface area contributed by atoms with Crippen LogP contribution >= 0.6 is 11.3 Å². The van der Waals surface area contributed by atoms with E-state index in [0.29, 0.717) is 4.88 Å². The summed E-state index contributed by atoms with van der Waals surface area (Å²) in [4.78, 5) is 12.2. The van der Waals surface area contributed by atoms with E-state index in [1.165, 1.54) is 29.6 Å². The van der Waals surface area contributed by atoms with E-state index in [4.69, 9.17) is 4.74 Å². The zero-order valence-corrected chi connectivity index (χ0v) is 11.5. The van der Waals surface area contributed by atoms with Crippen LogP contribution in [-0.4, -0.2) is 13.1 Å². The van der Waals surface area contributed by atoms with Crippen molar-refractivity contribution in [3.63, 3.8) is 0 Å². The van der Waals surface area contributed by atoms with E-state index >= 15 is 0 Å². The van der Waals surface area contributed by atoms with Crippen molar-refractivity contribution >= 4 is 33.0 Å². The number of carbonyl (C=O) groups excluding carboxylic acids is 1. The number of esters is 1. The molecule has 0 N–H and O–H groups in total. The van der Waals surface area contributed by atoms with Gasteiger partial charge in [0.15, 0.2) is 0 Å². The van der Waals surface area contributed by atoms with Crippen molar-refractivity contribution in [2.24, 2.45) is 0 Å². The highest BCUT2D eigenvalue weighted by Gasteiger charge is 2.11. The van der Waals surface area contributed by atoms with Crippen LogP contribution in [0.4, 0.5) is 0 Å². The third kappa shape index (κ3) is 2.34. The Morgan fingerprint density at radius 1 is 1.26 bits per heavy atom. The maximum absolute atomic E-state index is 11.5. The van der Waals surface area contributed by atoms with Gasteiger partial charge in [-0.15, -0.1) is 11.3 Å². The Labute approximate surface area is 116 Å². The minimum absolute atomic E-state index is 0.264. The molecule has 1 aliphatic rings. The van der Waals surface area contributed by atoms with Crippen LogP contribution in [0.1, 0.15) is 28.1 Å². The van der Waals surface area contributed by atoms with Gasteiger partial charge in [0, 0.05) is 4.70 Å². The van der Waals surface area contributed by atoms with E-state index in [-0.39, 0.29) is 5.97 Å². The monoisotopic (exact) mass is 270 g/mol. The Hall–Kier alpha value is -1.87. The molecular formula is C16H14O2S. The first-order chi connectivity index (χ1) is 9.28. The molecule has 0 fully saturated rings. The normalized spacial score (nSPS) is 14.5. The molecule has 0 bridgehead atoms. The maximum Gasteiger partial charge on any atom is 0.348 e. The SMILES string of the molecule is COC(=O)c1cc2cc(C3=CCCC=C3)ccc2s1. The topological polar surface area (TPSA) is 26.3 Å². The van der Waals surface area contributed by atoms with Gasteiger partial charge < -0.3 is 4.74 Å². The predicted molar refractivity (Wildman–Crippen MR) is 79.5 cm³/mol. The van der Waals surface area contributed by atoms with Crippen molar-refractivity contribution in [2.45, 2.75) is 12.8 Å². The number of allylic oxidation sites excluding steroid dienone is 4. The number of hydrogen-bond donors (Lipinski definition) is 0. The van der Waals surface area contributed by atoms with E-state index in [9.17, 15) is 4.79 Å². The molecule has 0 saturated heterocycles. The van der Waals surface area contributed by atoms with Gasteiger partial charge in [0.2, 0.25) is 0 Å². The van der Waals surface area contributed by atoms with E-state index in [1.54, 1.807) is 0 Å². The first-order valence-electron chi connectivity index (χ1n) is 6.27. The van der Waals surface area contributed by atoms with Crippen molar-refractivity contribution in [3.05, 3.63) is 52.9 Å². The standard InChI is InChI=1S/C16H14O2S/c1-18-16(17)15-10-13-9-12(7-8-14(13)19-15)11-5-3-2-4-6-11/h3,5-10H,2,4H2,1H3. The zero-order chi connectivity index (χ0) is 13.2. The summed E-state index contributed by atoms with van der Waals surface area (Å²) in [7, 11) is 1.41. The highest BCUT2D eigenvalue weighted by atomic mass is 32.1. The van der Waals surface area contributed by atoms with Gasteiger partial charge in [-0.25, -0.2) is 4.79 Å². The fourth-order valence-electron chi connectivity index (χ4n) is 2.25. The second-order valence-electron chi connectivity index (χ2n) is 4.49. The highest BCUT2D eigenvalue weighted by molar-refractivity contribution is 7.20. The van der Waals surface area contributed by atoms with Crippen LogP contribution in [0.5, 0.6) is 0 Å². The average Bonchev–Trinajstić information content (AvgIpc) is 2.90. The Kier molecular flexibility index (Phi) is 3.22. The van der Waals surface area contributed by atoms with Gasteiger partial charge in [0.1, 0.15) is 4.88 Å². The van der Waals surface area contributed by atoms with Crippen molar-refractivity contribution in [1.82, 2.24) is 0 Å².